The molecule has 21 heavy (non-hydrogen) atoms. The predicted molar refractivity (Wildman–Crippen MR) is 81.6 cm³/mol. The van der Waals surface area contributed by atoms with Crippen molar-refractivity contribution in [3.8, 4) is 0 Å². The first-order chi connectivity index (χ1) is 10.1. The van der Waals surface area contributed by atoms with Gasteiger partial charge in [-0.25, -0.2) is 0 Å². The van der Waals surface area contributed by atoms with Gasteiger partial charge >= 0.3 is 0 Å². The van der Waals surface area contributed by atoms with Crippen LogP contribution in [-0.4, -0.2) is 34.8 Å². The summed E-state index contributed by atoms with van der Waals surface area (Å²) < 4.78 is 0. The maximum Gasteiger partial charge on any atom is 0.246 e. The highest BCUT2D eigenvalue weighted by molar-refractivity contribution is 5.97. The molecule has 0 bridgehead atoms. The van der Waals surface area contributed by atoms with Crippen molar-refractivity contribution in [3.63, 3.8) is 0 Å². The van der Waals surface area contributed by atoms with Gasteiger partial charge in [-0.05, 0) is 37.5 Å². The number of hydrogen-bond donors (Lipinski definition) is 1. The molecule has 3 fully saturated rings. The SMILES string of the molecule is CC(C)C1C(=O)NC(C2CC2)C(=O)N1C1CCCCCC1. The molecule has 2 unspecified atom stereocenters. The summed E-state index contributed by atoms with van der Waals surface area (Å²) in [6.07, 6.45) is 9.22. The molecular formula is C17H28N2O2. The first-order valence-corrected chi connectivity index (χ1v) is 8.72. The molecule has 118 valence electrons. The van der Waals surface area contributed by atoms with E-state index in [4.69, 9.17) is 0 Å². The van der Waals surface area contributed by atoms with Crippen LogP contribution in [0.4, 0.5) is 0 Å². The molecule has 2 atom stereocenters. The molecule has 2 aliphatic carbocycles. The summed E-state index contributed by atoms with van der Waals surface area (Å²) in [5.41, 5.74) is 0. The molecule has 0 aromatic heterocycles. The topological polar surface area (TPSA) is 49.4 Å². The number of hydrogen-bond acceptors (Lipinski definition) is 2. The first kappa shape index (κ1) is 14.9. The minimum atomic E-state index is -0.268. The van der Waals surface area contributed by atoms with Gasteiger partial charge in [0.05, 0.1) is 0 Å². The third-order valence-corrected chi connectivity index (χ3v) is 5.33. The van der Waals surface area contributed by atoms with E-state index in [9.17, 15) is 9.59 Å². The van der Waals surface area contributed by atoms with Crippen LogP contribution in [0, 0.1) is 11.8 Å². The Morgan fingerprint density at radius 1 is 1.00 bits per heavy atom. The van der Waals surface area contributed by atoms with Crippen molar-refractivity contribution >= 4 is 11.8 Å². The van der Waals surface area contributed by atoms with Crippen LogP contribution < -0.4 is 5.32 Å². The van der Waals surface area contributed by atoms with Gasteiger partial charge in [0, 0.05) is 6.04 Å². The highest BCUT2D eigenvalue weighted by atomic mass is 16.2. The fourth-order valence-corrected chi connectivity index (χ4v) is 4.04. The second-order valence-corrected chi connectivity index (χ2v) is 7.40. The normalized spacial score (nSPS) is 32.2. The number of nitrogens with one attached hydrogen (secondary N) is 1. The smallest absolute Gasteiger partial charge is 0.246 e. The van der Waals surface area contributed by atoms with Gasteiger partial charge in [-0.3, -0.25) is 9.59 Å². The van der Waals surface area contributed by atoms with Crippen molar-refractivity contribution in [1.82, 2.24) is 10.2 Å². The average molecular weight is 292 g/mol. The molecule has 0 aromatic carbocycles. The number of piperazine rings is 1. The van der Waals surface area contributed by atoms with Crippen molar-refractivity contribution in [2.75, 3.05) is 0 Å². The van der Waals surface area contributed by atoms with Gasteiger partial charge in [-0.15, -0.1) is 0 Å². The van der Waals surface area contributed by atoms with Gasteiger partial charge in [0.1, 0.15) is 12.1 Å². The standard InChI is InChI=1S/C17H28N2O2/c1-11(2)15-16(20)18-14(12-9-10-12)17(21)19(15)13-7-5-3-4-6-8-13/h11-15H,3-10H2,1-2H3,(H,18,20). The largest absolute Gasteiger partial charge is 0.342 e. The summed E-state index contributed by atoms with van der Waals surface area (Å²) in [6.45, 7) is 4.11. The van der Waals surface area contributed by atoms with E-state index in [0.29, 0.717) is 5.92 Å². The van der Waals surface area contributed by atoms with Crippen molar-refractivity contribution < 1.29 is 9.59 Å². The summed E-state index contributed by atoms with van der Waals surface area (Å²) in [7, 11) is 0. The molecule has 3 aliphatic rings. The molecule has 0 spiro atoms. The van der Waals surface area contributed by atoms with Crippen LogP contribution in [-0.2, 0) is 9.59 Å². The highest BCUT2D eigenvalue weighted by Gasteiger charge is 2.49. The zero-order valence-corrected chi connectivity index (χ0v) is 13.3. The van der Waals surface area contributed by atoms with Gasteiger partial charge in [0.2, 0.25) is 11.8 Å². The van der Waals surface area contributed by atoms with Crippen molar-refractivity contribution in [2.24, 2.45) is 11.8 Å². The monoisotopic (exact) mass is 292 g/mol. The Bertz CT molecular complexity index is 409. The van der Waals surface area contributed by atoms with Crippen LogP contribution in [0.3, 0.4) is 0 Å². The lowest BCUT2D eigenvalue weighted by atomic mass is 9.91. The molecule has 1 aliphatic heterocycles. The minimum absolute atomic E-state index is 0.0748. The number of carbonyl (C=O) groups excluding carboxylic acids is 2. The van der Waals surface area contributed by atoms with E-state index in [1.807, 2.05) is 4.90 Å². The third kappa shape index (κ3) is 2.95. The molecule has 3 rings (SSSR count). The third-order valence-electron chi connectivity index (χ3n) is 5.33. The van der Waals surface area contributed by atoms with Crippen LogP contribution in [0.15, 0.2) is 0 Å². The van der Waals surface area contributed by atoms with Gasteiger partial charge in [0.25, 0.3) is 0 Å². The quantitative estimate of drug-likeness (QED) is 0.812. The van der Waals surface area contributed by atoms with E-state index in [1.165, 1.54) is 25.7 Å². The molecule has 2 amide bonds. The molecule has 1 N–H and O–H groups in total. The Morgan fingerprint density at radius 3 is 2.14 bits per heavy atom. The molecule has 0 radical (unpaired) electrons. The van der Waals surface area contributed by atoms with Crippen molar-refractivity contribution in [2.45, 2.75) is 83.3 Å². The lowest BCUT2D eigenvalue weighted by molar-refractivity contribution is -0.155. The van der Waals surface area contributed by atoms with Gasteiger partial charge in [-0.1, -0.05) is 39.5 Å². The summed E-state index contributed by atoms with van der Waals surface area (Å²) in [5, 5.41) is 3.01. The molecule has 2 saturated carbocycles. The lowest BCUT2D eigenvalue weighted by Crippen LogP contribution is -2.67. The van der Waals surface area contributed by atoms with E-state index >= 15 is 0 Å². The van der Waals surface area contributed by atoms with Crippen LogP contribution >= 0.6 is 0 Å². The maximum absolute atomic E-state index is 13.0. The van der Waals surface area contributed by atoms with E-state index in [2.05, 4.69) is 19.2 Å². The Kier molecular flexibility index (Phi) is 4.23. The summed E-state index contributed by atoms with van der Waals surface area (Å²) in [4.78, 5) is 27.5. The van der Waals surface area contributed by atoms with Gasteiger partial charge in [0.15, 0.2) is 0 Å². The summed E-state index contributed by atoms with van der Waals surface area (Å²) in [6, 6.07) is -0.231. The Morgan fingerprint density at radius 2 is 1.62 bits per heavy atom. The Balaban J connectivity index is 1.85. The maximum atomic E-state index is 13.0. The summed E-state index contributed by atoms with van der Waals surface area (Å²) in [5.74, 6) is 0.841. The van der Waals surface area contributed by atoms with Crippen LogP contribution in [0.2, 0.25) is 0 Å². The van der Waals surface area contributed by atoms with Gasteiger partial charge < -0.3 is 10.2 Å². The predicted octanol–water partition coefficient (Wildman–Crippen LogP) is 2.47. The molecule has 1 heterocycles. The van der Waals surface area contributed by atoms with Gasteiger partial charge in [-0.2, -0.15) is 0 Å². The zero-order chi connectivity index (χ0) is 15.0. The van der Waals surface area contributed by atoms with E-state index < -0.39 is 0 Å². The van der Waals surface area contributed by atoms with Crippen LogP contribution in [0.1, 0.15) is 65.2 Å². The fraction of sp³-hybridized carbons (Fsp3) is 0.882. The number of rotatable bonds is 3. The Labute approximate surface area is 127 Å². The number of amides is 2. The van der Waals surface area contributed by atoms with Crippen LogP contribution in [0.25, 0.3) is 0 Å². The van der Waals surface area contributed by atoms with Crippen LogP contribution in [0.5, 0.6) is 0 Å². The van der Waals surface area contributed by atoms with E-state index in [0.717, 1.165) is 25.7 Å². The van der Waals surface area contributed by atoms with E-state index in [1.54, 1.807) is 0 Å². The minimum Gasteiger partial charge on any atom is -0.342 e. The summed E-state index contributed by atoms with van der Waals surface area (Å²) >= 11 is 0. The molecule has 4 nitrogen and oxygen atoms in total. The van der Waals surface area contributed by atoms with E-state index in [-0.39, 0.29) is 35.9 Å². The second kappa shape index (κ2) is 5.98. The average Bonchev–Trinajstić information content (AvgIpc) is 3.26. The Hall–Kier alpha value is -1.06. The molecule has 1 saturated heterocycles. The zero-order valence-electron chi connectivity index (χ0n) is 13.3. The molecule has 0 aromatic rings. The van der Waals surface area contributed by atoms with Crippen molar-refractivity contribution in [3.05, 3.63) is 0 Å². The number of carbonyl (C=O) groups is 2. The molecular weight excluding hydrogens is 264 g/mol. The second-order valence-electron chi connectivity index (χ2n) is 7.40. The highest BCUT2D eigenvalue weighted by Crippen LogP contribution is 2.37. The van der Waals surface area contributed by atoms with Crippen molar-refractivity contribution in [1.29, 1.82) is 0 Å². The number of nitrogens with zero attached hydrogens (tertiary/aromatic N) is 1. The fourth-order valence-electron chi connectivity index (χ4n) is 4.04. The first-order valence-electron chi connectivity index (χ1n) is 8.72. The molecule has 4 heteroatoms. The lowest BCUT2D eigenvalue weighted by Gasteiger charge is -2.45.